The number of pyridine rings is 1. The fourth-order valence-electron chi connectivity index (χ4n) is 2.34. The summed E-state index contributed by atoms with van der Waals surface area (Å²) in [6.07, 6.45) is 5.84. The highest BCUT2D eigenvalue weighted by molar-refractivity contribution is 5.37. The molecule has 0 unspecified atom stereocenters. The van der Waals surface area contributed by atoms with Gasteiger partial charge in [-0.05, 0) is 31.4 Å². The van der Waals surface area contributed by atoms with Crippen LogP contribution in [0.25, 0.3) is 5.69 Å². The summed E-state index contributed by atoms with van der Waals surface area (Å²) >= 11 is 0. The van der Waals surface area contributed by atoms with Crippen molar-refractivity contribution >= 4 is 0 Å². The van der Waals surface area contributed by atoms with Crippen LogP contribution in [0, 0.1) is 6.92 Å². The lowest BCUT2D eigenvalue weighted by atomic mass is 9.96. The predicted molar refractivity (Wildman–Crippen MR) is 65.4 cm³/mol. The van der Waals surface area contributed by atoms with Crippen molar-refractivity contribution < 1.29 is 8.78 Å². The molecule has 1 aliphatic rings. The number of rotatable bonds is 3. The van der Waals surface area contributed by atoms with Gasteiger partial charge in [-0.1, -0.05) is 5.21 Å². The van der Waals surface area contributed by atoms with Gasteiger partial charge in [0.1, 0.15) is 0 Å². The molecule has 6 heteroatoms. The number of aromatic nitrogens is 4. The van der Waals surface area contributed by atoms with E-state index in [4.69, 9.17) is 0 Å². The van der Waals surface area contributed by atoms with Crippen LogP contribution in [-0.4, -0.2) is 25.9 Å². The SMILES string of the molecule is Cc1ccncc1-n1cc(C2(C(C)(F)F)CC2)nn1. The highest BCUT2D eigenvalue weighted by Gasteiger charge is 2.62. The molecule has 3 rings (SSSR count). The highest BCUT2D eigenvalue weighted by atomic mass is 19.3. The third-order valence-electron chi connectivity index (χ3n) is 3.83. The Balaban J connectivity index is 2.00. The lowest BCUT2D eigenvalue weighted by molar-refractivity contribution is -0.0214. The van der Waals surface area contributed by atoms with E-state index in [1.54, 1.807) is 18.6 Å². The van der Waals surface area contributed by atoms with Gasteiger partial charge in [-0.3, -0.25) is 4.98 Å². The summed E-state index contributed by atoms with van der Waals surface area (Å²) in [5, 5.41) is 7.90. The molecule has 19 heavy (non-hydrogen) atoms. The third-order valence-corrected chi connectivity index (χ3v) is 3.83. The fraction of sp³-hybridized carbons (Fsp3) is 0.462. The summed E-state index contributed by atoms with van der Waals surface area (Å²) in [5.41, 5.74) is 0.973. The molecular formula is C13H14F2N4. The fourth-order valence-corrected chi connectivity index (χ4v) is 2.34. The second kappa shape index (κ2) is 3.82. The summed E-state index contributed by atoms with van der Waals surface area (Å²) < 4.78 is 28.8. The molecule has 0 N–H and O–H groups in total. The van der Waals surface area contributed by atoms with Crippen LogP contribution in [0.15, 0.2) is 24.7 Å². The molecule has 1 fully saturated rings. The number of hydrogen-bond acceptors (Lipinski definition) is 3. The van der Waals surface area contributed by atoms with Crippen LogP contribution in [0.1, 0.15) is 31.0 Å². The van der Waals surface area contributed by atoms with Crippen molar-refractivity contribution in [2.45, 2.75) is 38.0 Å². The van der Waals surface area contributed by atoms with Gasteiger partial charge in [0.15, 0.2) is 0 Å². The number of halogens is 2. The van der Waals surface area contributed by atoms with E-state index in [2.05, 4.69) is 15.3 Å². The van der Waals surface area contributed by atoms with Gasteiger partial charge in [-0.15, -0.1) is 5.10 Å². The minimum absolute atomic E-state index is 0.364. The first-order valence-corrected chi connectivity index (χ1v) is 6.16. The molecule has 1 saturated carbocycles. The number of aryl methyl sites for hydroxylation is 1. The monoisotopic (exact) mass is 264 g/mol. The molecule has 0 bridgehead atoms. The van der Waals surface area contributed by atoms with Crippen LogP contribution in [0.4, 0.5) is 8.78 Å². The highest BCUT2D eigenvalue weighted by Crippen LogP contribution is 2.57. The normalized spacial score (nSPS) is 17.5. The molecule has 100 valence electrons. The standard InChI is InChI=1S/C13H14F2N4/c1-9-3-6-16-7-10(9)19-8-11(17-18-19)13(4-5-13)12(2,14)15/h3,6-8H,4-5H2,1-2H3. The van der Waals surface area contributed by atoms with Crippen molar-refractivity contribution in [3.05, 3.63) is 35.9 Å². The molecule has 0 radical (unpaired) electrons. The largest absolute Gasteiger partial charge is 0.262 e. The lowest BCUT2D eigenvalue weighted by Crippen LogP contribution is -2.30. The molecule has 1 aliphatic carbocycles. The predicted octanol–water partition coefficient (Wildman–Crippen LogP) is 2.66. The summed E-state index contributed by atoms with van der Waals surface area (Å²) in [5.74, 6) is -2.77. The van der Waals surface area contributed by atoms with Crippen molar-refractivity contribution in [1.29, 1.82) is 0 Å². The van der Waals surface area contributed by atoms with Gasteiger partial charge in [0, 0.05) is 13.1 Å². The number of alkyl halides is 2. The summed E-state index contributed by atoms with van der Waals surface area (Å²) in [6.45, 7) is 2.87. The van der Waals surface area contributed by atoms with Gasteiger partial charge in [-0.2, -0.15) is 0 Å². The lowest BCUT2D eigenvalue weighted by Gasteiger charge is -2.19. The molecular weight excluding hydrogens is 250 g/mol. The van der Waals surface area contributed by atoms with Gasteiger partial charge in [0.25, 0.3) is 5.92 Å². The molecule has 0 saturated heterocycles. The Kier molecular flexibility index (Phi) is 2.45. The van der Waals surface area contributed by atoms with Crippen molar-refractivity contribution in [2.24, 2.45) is 0 Å². The average Bonchev–Trinajstić information content (AvgIpc) is 3.03. The zero-order valence-electron chi connectivity index (χ0n) is 10.8. The van der Waals surface area contributed by atoms with Gasteiger partial charge in [-0.25, -0.2) is 13.5 Å². The van der Waals surface area contributed by atoms with Gasteiger partial charge < -0.3 is 0 Å². The van der Waals surface area contributed by atoms with Crippen LogP contribution in [0.5, 0.6) is 0 Å². The van der Waals surface area contributed by atoms with Crippen molar-refractivity contribution in [2.75, 3.05) is 0 Å². The van der Waals surface area contributed by atoms with E-state index in [0.29, 0.717) is 18.5 Å². The maximum absolute atomic E-state index is 13.6. The minimum atomic E-state index is -2.77. The van der Waals surface area contributed by atoms with Crippen LogP contribution in [0.2, 0.25) is 0 Å². The first-order valence-electron chi connectivity index (χ1n) is 6.16. The van der Waals surface area contributed by atoms with Crippen LogP contribution in [-0.2, 0) is 5.41 Å². The zero-order chi connectivity index (χ0) is 13.7. The first-order chi connectivity index (χ1) is 8.94. The van der Waals surface area contributed by atoms with E-state index >= 15 is 0 Å². The van der Waals surface area contributed by atoms with Crippen LogP contribution >= 0.6 is 0 Å². The first kappa shape index (κ1) is 12.2. The Labute approximate surface area is 109 Å². The average molecular weight is 264 g/mol. The zero-order valence-corrected chi connectivity index (χ0v) is 10.8. The second-order valence-electron chi connectivity index (χ2n) is 5.18. The van der Waals surface area contributed by atoms with Crippen LogP contribution < -0.4 is 0 Å². The Morgan fingerprint density at radius 3 is 2.68 bits per heavy atom. The molecule has 0 aliphatic heterocycles. The molecule has 0 aromatic carbocycles. The molecule has 4 nitrogen and oxygen atoms in total. The molecule has 2 aromatic heterocycles. The molecule has 0 amide bonds. The van der Waals surface area contributed by atoms with E-state index in [1.807, 2.05) is 13.0 Å². The second-order valence-corrected chi connectivity index (χ2v) is 5.18. The van der Waals surface area contributed by atoms with Crippen molar-refractivity contribution in [3.8, 4) is 5.69 Å². The quantitative estimate of drug-likeness (QED) is 0.856. The smallest absolute Gasteiger partial charge is 0.256 e. The number of nitrogens with zero attached hydrogens (tertiary/aromatic N) is 4. The molecule has 0 atom stereocenters. The van der Waals surface area contributed by atoms with Gasteiger partial charge >= 0.3 is 0 Å². The Bertz CT molecular complexity index is 611. The topological polar surface area (TPSA) is 43.6 Å². The van der Waals surface area contributed by atoms with Crippen LogP contribution in [0.3, 0.4) is 0 Å². The maximum Gasteiger partial charge on any atom is 0.256 e. The summed E-state index contributed by atoms with van der Waals surface area (Å²) in [7, 11) is 0. The third kappa shape index (κ3) is 1.82. The summed E-state index contributed by atoms with van der Waals surface area (Å²) in [4.78, 5) is 4.02. The Hall–Kier alpha value is -1.85. The summed E-state index contributed by atoms with van der Waals surface area (Å²) in [6, 6.07) is 1.85. The van der Waals surface area contributed by atoms with Gasteiger partial charge in [0.2, 0.25) is 0 Å². The Morgan fingerprint density at radius 1 is 1.37 bits per heavy atom. The van der Waals surface area contributed by atoms with Crippen molar-refractivity contribution in [3.63, 3.8) is 0 Å². The van der Waals surface area contributed by atoms with Gasteiger partial charge in [0.05, 0.1) is 29.2 Å². The molecule has 0 spiro atoms. The van der Waals surface area contributed by atoms with E-state index < -0.39 is 11.3 Å². The maximum atomic E-state index is 13.6. The molecule has 2 aromatic rings. The van der Waals surface area contributed by atoms with E-state index in [0.717, 1.165) is 18.2 Å². The Morgan fingerprint density at radius 2 is 2.11 bits per heavy atom. The van der Waals surface area contributed by atoms with E-state index in [-0.39, 0.29) is 0 Å². The van der Waals surface area contributed by atoms with Crippen molar-refractivity contribution in [1.82, 2.24) is 20.0 Å². The van der Waals surface area contributed by atoms with E-state index in [1.165, 1.54) is 4.68 Å². The van der Waals surface area contributed by atoms with E-state index in [9.17, 15) is 8.78 Å². The minimum Gasteiger partial charge on any atom is -0.262 e. The molecule has 2 heterocycles. The number of hydrogen-bond donors (Lipinski definition) is 0.